The number of nitrogens with one attached hydrogen (secondary N) is 2. The molecule has 20 heavy (non-hydrogen) atoms. The first-order chi connectivity index (χ1) is 9.75. The molecule has 0 aliphatic heterocycles. The van der Waals surface area contributed by atoms with Crippen molar-refractivity contribution in [1.29, 1.82) is 0 Å². The molecule has 4 heteroatoms. The van der Waals surface area contributed by atoms with E-state index in [1.54, 1.807) is 0 Å². The Morgan fingerprint density at radius 3 is 2.75 bits per heavy atom. The summed E-state index contributed by atoms with van der Waals surface area (Å²) >= 11 is 0. The van der Waals surface area contributed by atoms with Crippen LogP contribution in [0.4, 0.5) is 4.79 Å². The van der Waals surface area contributed by atoms with Gasteiger partial charge in [-0.05, 0) is 25.0 Å². The number of benzene rings is 1. The molecule has 4 nitrogen and oxygen atoms in total. The Morgan fingerprint density at radius 1 is 1.25 bits per heavy atom. The monoisotopic (exact) mass is 272 g/mol. The maximum Gasteiger partial charge on any atom is 0.315 e. The van der Waals surface area contributed by atoms with Crippen LogP contribution >= 0.6 is 0 Å². The van der Waals surface area contributed by atoms with E-state index < -0.39 is 6.10 Å². The molecule has 1 saturated carbocycles. The van der Waals surface area contributed by atoms with E-state index in [0.29, 0.717) is 6.54 Å². The number of urea groups is 1. The molecule has 106 valence electrons. The molecule has 1 aliphatic carbocycles. The molecule has 0 unspecified atom stereocenters. The first kappa shape index (κ1) is 14.4. The van der Waals surface area contributed by atoms with Crippen molar-refractivity contribution in [2.45, 2.75) is 37.8 Å². The molecular weight excluding hydrogens is 252 g/mol. The lowest BCUT2D eigenvalue weighted by molar-refractivity contribution is 0.0944. The van der Waals surface area contributed by atoms with Gasteiger partial charge in [-0.25, -0.2) is 4.79 Å². The highest BCUT2D eigenvalue weighted by Crippen LogP contribution is 2.17. The summed E-state index contributed by atoms with van der Waals surface area (Å²) in [7, 11) is 0. The van der Waals surface area contributed by atoms with Crippen LogP contribution in [0.25, 0.3) is 0 Å². The van der Waals surface area contributed by atoms with Crippen LogP contribution in [-0.4, -0.2) is 29.8 Å². The Kier molecular flexibility index (Phi) is 5.45. The highest BCUT2D eigenvalue weighted by atomic mass is 16.3. The van der Waals surface area contributed by atoms with Gasteiger partial charge in [0.15, 0.2) is 0 Å². The van der Waals surface area contributed by atoms with Crippen LogP contribution < -0.4 is 10.6 Å². The number of hydrogen-bond acceptors (Lipinski definition) is 2. The number of aliphatic hydroxyl groups is 1. The molecule has 2 rings (SSSR count). The van der Waals surface area contributed by atoms with Crippen LogP contribution in [0.3, 0.4) is 0 Å². The van der Waals surface area contributed by atoms with Gasteiger partial charge in [0, 0.05) is 5.56 Å². The van der Waals surface area contributed by atoms with E-state index in [9.17, 15) is 9.90 Å². The highest BCUT2D eigenvalue weighted by molar-refractivity contribution is 5.74. The van der Waals surface area contributed by atoms with Gasteiger partial charge in [0.1, 0.15) is 0 Å². The van der Waals surface area contributed by atoms with Crippen LogP contribution in [0.5, 0.6) is 0 Å². The van der Waals surface area contributed by atoms with Crippen LogP contribution in [0.2, 0.25) is 0 Å². The molecule has 1 aromatic carbocycles. The van der Waals surface area contributed by atoms with Gasteiger partial charge in [-0.1, -0.05) is 42.9 Å². The van der Waals surface area contributed by atoms with E-state index in [-0.39, 0.29) is 12.1 Å². The minimum atomic E-state index is -0.426. The fourth-order valence-corrected chi connectivity index (χ4v) is 2.29. The Bertz CT molecular complexity index is 490. The van der Waals surface area contributed by atoms with Crippen molar-refractivity contribution in [3.63, 3.8) is 0 Å². The zero-order chi connectivity index (χ0) is 14.2. The fraction of sp³-hybridized carbons (Fsp3) is 0.438. The molecule has 1 aliphatic rings. The number of aliphatic hydroxyl groups excluding tert-OH is 1. The molecule has 0 bridgehead atoms. The molecular formula is C16H20N2O2. The zero-order valence-corrected chi connectivity index (χ0v) is 11.4. The van der Waals surface area contributed by atoms with Crippen LogP contribution in [0.15, 0.2) is 30.3 Å². The van der Waals surface area contributed by atoms with E-state index >= 15 is 0 Å². The van der Waals surface area contributed by atoms with E-state index in [2.05, 4.69) is 22.5 Å². The van der Waals surface area contributed by atoms with Crippen molar-refractivity contribution < 1.29 is 9.90 Å². The predicted octanol–water partition coefficient (Wildman–Crippen LogP) is 1.64. The average molecular weight is 272 g/mol. The van der Waals surface area contributed by atoms with E-state index in [1.165, 1.54) is 0 Å². The summed E-state index contributed by atoms with van der Waals surface area (Å²) in [5.41, 5.74) is 0.928. The summed E-state index contributed by atoms with van der Waals surface area (Å²) in [5, 5.41) is 15.3. The third kappa shape index (κ3) is 4.60. The molecule has 2 amide bonds. The third-order valence-electron chi connectivity index (χ3n) is 3.39. The van der Waals surface area contributed by atoms with Crippen LogP contribution in [0, 0.1) is 11.8 Å². The highest BCUT2D eigenvalue weighted by Gasteiger charge is 2.23. The maximum atomic E-state index is 11.7. The molecule has 3 N–H and O–H groups in total. The SMILES string of the molecule is O=C(NCC#Cc1ccccc1)N[C@@H]1CCCC[C@H]1O. The van der Waals surface area contributed by atoms with Crippen molar-refractivity contribution in [2.24, 2.45) is 0 Å². The van der Waals surface area contributed by atoms with Gasteiger partial charge in [0.2, 0.25) is 0 Å². The standard InChI is InChI=1S/C16H20N2O2/c19-15-11-5-4-10-14(15)18-16(20)17-12-6-9-13-7-2-1-3-8-13/h1-3,7-8,14-15,19H,4-5,10-12H2,(H2,17,18,20)/t14-,15-/m1/s1. The molecule has 0 spiro atoms. The summed E-state index contributed by atoms with van der Waals surface area (Å²) < 4.78 is 0. The van der Waals surface area contributed by atoms with Gasteiger partial charge >= 0.3 is 6.03 Å². The first-order valence-electron chi connectivity index (χ1n) is 7.02. The second-order valence-corrected chi connectivity index (χ2v) is 4.95. The summed E-state index contributed by atoms with van der Waals surface area (Å²) in [4.78, 5) is 11.7. The lowest BCUT2D eigenvalue weighted by atomic mass is 9.93. The molecule has 0 radical (unpaired) electrons. The van der Waals surface area contributed by atoms with Crippen molar-refractivity contribution in [1.82, 2.24) is 10.6 Å². The van der Waals surface area contributed by atoms with Gasteiger partial charge < -0.3 is 15.7 Å². The van der Waals surface area contributed by atoms with E-state index in [0.717, 1.165) is 31.2 Å². The van der Waals surface area contributed by atoms with Crippen LogP contribution in [0.1, 0.15) is 31.2 Å². The lowest BCUT2D eigenvalue weighted by Gasteiger charge is -2.28. The minimum absolute atomic E-state index is 0.133. The fourth-order valence-electron chi connectivity index (χ4n) is 2.29. The summed E-state index contributed by atoms with van der Waals surface area (Å²) in [6, 6.07) is 9.23. The number of rotatable bonds is 2. The van der Waals surface area contributed by atoms with Crippen molar-refractivity contribution in [3.05, 3.63) is 35.9 Å². The minimum Gasteiger partial charge on any atom is -0.391 e. The number of carbonyl (C=O) groups is 1. The second kappa shape index (κ2) is 7.56. The summed E-state index contributed by atoms with van der Waals surface area (Å²) in [5.74, 6) is 5.87. The molecule has 0 heterocycles. The Labute approximate surface area is 119 Å². The van der Waals surface area contributed by atoms with Gasteiger partial charge in [0.25, 0.3) is 0 Å². The van der Waals surface area contributed by atoms with Gasteiger partial charge in [0.05, 0.1) is 18.7 Å². The van der Waals surface area contributed by atoms with Crippen molar-refractivity contribution in [3.8, 4) is 11.8 Å². The molecule has 0 saturated heterocycles. The summed E-state index contributed by atoms with van der Waals surface area (Å²) in [6.45, 7) is 0.295. The summed E-state index contributed by atoms with van der Waals surface area (Å²) in [6.07, 6.45) is 3.26. The molecule has 1 fully saturated rings. The smallest absolute Gasteiger partial charge is 0.315 e. The first-order valence-corrected chi connectivity index (χ1v) is 7.02. The van der Waals surface area contributed by atoms with Crippen molar-refractivity contribution in [2.75, 3.05) is 6.54 Å². The lowest BCUT2D eigenvalue weighted by Crippen LogP contribution is -2.49. The van der Waals surface area contributed by atoms with Gasteiger partial charge in [-0.2, -0.15) is 0 Å². The Balaban J connectivity index is 1.71. The van der Waals surface area contributed by atoms with Crippen molar-refractivity contribution >= 4 is 6.03 Å². The third-order valence-corrected chi connectivity index (χ3v) is 3.39. The van der Waals surface area contributed by atoms with Crippen LogP contribution in [-0.2, 0) is 0 Å². The van der Waals surface area contributed by atoms with E-state index in [4.69, 9.17) is 0 Å². The quantitative estimate of drug-likeness (QED) is 0.717. The maximum absolute atomic E-state index is 11.7. The largest absolute Gasteiger partial charge is 0.391 e. The predicted molar refractivity (Wildman–Crippen MR) is 78.1 cm³/mol. The van der Waals surface area contributed by atoms with Gasteiger partial charge in [-0.3, -0.25) is 0 Å². The normalized spacial score (nSPS) is 21.4. The Morgan fingerprint density at radius 2 is 2.00 bits per heavy atom. The Hall–Kier alpha value is -1.99. The van der Waals surface area contributed by atoms with Gasteiger partial charge in [-0.15, -0.1) is 0 Å². The molecule has 1 aromatic rings. The number of hydrogen-bond donors (Lipinski definition) is 3. The van der Waals surface area contributed by atoms with E-state index in [1.807, 2.05) is 30.3 Å². The topological polar surface area (TPSA) is 61.4 Å². The molecule has 2 atom stereocenters. The zero-order valence-electron chi connectivity index (χ0n) is 11.4. The number of amides is 2. The molecule has 0 aromatic heterocycles. The average Bonchev–Trinajstić information content (AvgIpc) is 2.47. The second-order valence-electron chi connectivity index (χ2n) is 4.95. The number of carbonyl (C=O) groups excluding carboxylic acids is 1.